The Kier molecular flexibility index (Phi) is 3.18. The molecule has 0 aromatic heterocycles. The van der Waals surface area contributed by atoms with Gasteiger partial charge in [0.1, 0.15) is 0 Å². The van der Waals surface area contributed by atoms with Crippen molar-refractivity contribution in [2.45, 2.75) is 31.1 Å². The fourth-order valence-electron chi connectivity index (χ4n) is 1.98. The highest BCUT2D eigenvalue weighted by molar-refractivity contribution is 5.53. The number of hydrogen-bond acceptors (Lipinski definition) is 3. The molecule has 18 heavy (non-hydrogen) atoms. The van der Waals surface area contributed by atoms with E-state index in [1.807, 2.05) is 0 Å². The number of hydrogen-bond donors (Lipinski definition) is 2. The van der Waals surface area contributed by atoms with Crippen molar-refractivity contribution in [1.29, 1.82) is 5.26 Å². The average Bonchev–Trinajstić information content (AvgIpc) is 2.26. The predicted octanol–water partition coefficient (Wildman–Crippen LogP) is 2.48. The van der Waals surface area contributed by atoms with E-state index >= 15 is 0 Å². The first-order valence-corrected chi connectivity index (χ1v) is 5.53. The Bertz CT molecular complexity index is 484. The summed E-state index contributed by atoms with van der Waals surface area (Å²) in [6.45, 7) is 0. The molecule has 2 rings (SSSR count). The Morgan fingerprint density at radius 3 is 2.50 bits per heavy atom. The number of halogens is 3. The molecule has 3 nitrogen and oxygen atoms in total. The van der Waals surface area contributed by atoms with E-state index in [0.29, 0.717) is 5.69 Å². The minimum absolute atomic E-state index is 0.119. The predicted molar refractivity (Wildman–Crippen MR) is 60.8 cm³/mol. The summed E-state index contributed by atoms with van der Waals surface area (Å²) in [6.07, 6.45) is -3.01. The van der Waals surface area contributed by atoms with E-state index < -0.39 is 11.7 Å². The van der Waals surface area contributed by atoms with Gasteiger partial charge in [-0.05, 0) is 31.0 Å². The van der Waals surface area contributed by atoms with E-state index in [1.54, 1.807) is 6.07 Å². The molecule has 0 unspecified atom stereocenters. The Morgan fingerprint density at radius 2 is 2.00 bits per heavy atom. The summed E-state index contributed by atoms with van der Waals surface area (Å²) in [6, 6.07) is 5.44. The van der Waals surface area contributed by atoms with E-state index in [2.05, 4.69) is 5.32 Å². The van der Waals surface area contributed by atoms with Crippen LogP contribution < -0.4 is 11.1 Å². The van der Waals surface area contributed by atoms with Gasteiger partial charge in [0.05, 0.1) is 17.2 Å². The molecule has 0 amide bonds. The highest BCUT2D eigenvalue weighted by Gasteiger charge is 2.34. The molecule has 1 aliphatic carbocycles. The molecule has 96 valence electrons. The van der Waals surface area contributed by atoms with E-state index in [9.17, 15) is 13.2 Å². The quantitative estimate of drug-likeness (QED) is 0.853. The molecule has 1 saturated carbocycles. The van der Waals surface area contributed by atoms with Crippen LogP contribution in [0.25, 0.3) is 0 Å². The van der Waals surface area contributed by atoms with E-state index in [-0.39, 0.29) is 17.6 Å². The normalized spacial score (nSPS) is 23.1. The lowest BCUT2D eigenvalue weighted by Gasteiger charge is -2.34. The van der Waals surface area contributed by atoms with Crippen LogP contribution in [0.1, 0.15) is 24.0 Å². The van der Waals surface area contributed by atoms with Crippen molar-refractivity contribution in [1.82, 2.24) is 0 Å². The zero-order chi connectivity index (χ0) is 13.3. The van der Waals surface area contributed by atoms with Gasteiger partial charge in [-0.3, -0.25) is 0 Å². The monoisotopic (exact) mass is 255 g/mol. The summed E-state index contributed by atoms with van der Waals surface area (Å²) in [5.74, 6) is 0. The molecule has 3 N–H and O–H groups in total. The molecule has 1 aliphatic rings. The fraction of sp³-hybridized carbons (Fsp3) is 0.417. The molecular weight excluding hydrogens is 243 g/mol. The summed E-state index contributed by atoms with van der Waals surface area (Å²) >= 11 is 0. The topological polar surface area (TPSA) is 61.8 Å². The number of benzene rings is 1. The highest BCUT2D eigenvalue weighted by atomic mass is 19.4. The SMILES string of the molecule is N#Cc1ccc(NC2CC(N)C2)cc1C(F)(F)F. The summed E-state index contributed by atoms with van der Waals surface area (Å²) < 4.78 is 38.1. The van der Waals surface area contributed by atoms with Crippen molar-refractivity contribution in [3.63, 3.8) is 0 Å². The van der Waals surface area contributed by atoms with E-state index in [0.717, 1.165) is 18.9 Å². The lowest BCUT2D eigenvalue weighted by atomic mass is 9.87. The Hall–Kier alpha value is -1.74. The third-order valence-corrected chi connectivity index (χ3v) is 2.99. The minimum Gasteiger partial charge on any atom is -0.382 e. The Balaban J connectivity index is 2.21. The van der Waals surface area contributed by atoms with Crippen LogP contribution in [0.2, 0.25) is 0 Å². The van der Waals surface area contributed by atoms with Crippen molar-refractivity contribution in [2.24, 2.45) is 5.73 Å². The number of rotatable bonds is 2. The van der Waals surface area contributed by atoms with Crippen LogP contribution >= 0.6 is 0 Å². The molecule has 0 spiro atoms. The molecule has 0 aliphatic heterocycles. The van der Waals surface area contributed by atoms with Crippen LogP contribution in [0, 0.1) is 11.3 Å². The highest BCUT2D eigenvalue weighted by Crippen LogP contribution is 2.34. The van der Waals surface area contributed by atoms with Gasteiger partial charge in [-0.2, -0.15) is 18.4 Å². The first kappa shape index (κ1) is 12.7. The van der Waals surface area contributed by atoms with Crippen molar-refractivity contribution in [3.8, 4) is 6.07 Å². The molecule has 0 radical (unpaired) electrons. The maximum atomic E-state index is 12.7. The van der Waals surface area contributed by atoms with Crippen LogP contribution in [0.5, 0.6) is 0 Å². The van der Waals surface area contributed by atoms with Gasteiger partial charge in [0, 0.05) is 17.8 Å². The van der Waals surface area contributed by atoms with Gasteiger partial charge in [0.15, 0.2) is 0 Å². The van der Waals surface area contributed by atoms with Gasteiger partial charge in [-0.1, -0.05) is 0 Å². The number of anilines is 1. The smallest absolute Gasteiger partial charge is 0.382 e. The molecule has 0 heterocycles. The molecular formula is C12H12F3N3. The van der Waals surface area contributed by atoms with Crippen LogP contribution in [-0.4, -0.2) is 12.1 Å². The number of nitriles is 1. The molecule has 0 atom stereocenters. The fourth-order valence-corrected chi connectivity index (χ4v) is 1.98. The van der Waals surface area contributed by atoms with Gasteiger partial charge < -0.3 is 11.1 Å². The second-order valence-electron chi connectivity index (χ2n) is 4.44. The average molecular weight is 255 g/mol. The van der Waals surface area contributed by atoms with Gasteiger partial charge >= 0.3 is 6.18 Å². The summed E-state index contributed by atoms with van der Waals surface area (Å²) in [5, 5.41) is 11.6. The number of nitrogens with two attached hydrogens (primary N) is 1. The standard InChI is InChI=1S/C12H12F3N3/c13-12(14,15)11-5-9(2-1-7(11)6-16)18-10-3-8(17)4-10/h1-2,5,8,10,18H,3-4,17H2. The van der Waals surface area contributed by atoms with Gasteiger partial charge in [0.2, 0.25) is 0 Å². The molecule has 6 heteroatoms. The second-order valence-corrected chi connectivity index (χ2v) is 4.44. The molecule has 1 aromatic rings. The summed E-state index contributed by atoms with van der Waals surface area (Å²) in [7, 11) is 0. The van der Waals surface area contributed by atoms with Gasteiger partial charge in [-0.25, -0.2) is 0 Å². The largest absolute Gasteiger partial charge is 0.417 e. The molecule has 1 fully saturated rings. The van der Waals surface area contributed by atoms with Crippen LogP contribution in [-0.2, 0) is 6.18 Å². The van der Waals surface area contributed by atoms with Crippen LogP contribution in [0.15, 0.2) is 18.2 Å². The van der Waals surface area contributed by atoms with Crippen LogP contribution in [0.4, 0.5) is 18.9 Å². The van der Waals surface area contributed by atoms with Gasteiger partial charge in [0.25, 0.3) is 0 Å². The zero-order valence-electron chi connectivity index (χ0n) is 9.46. The Labute approximate surface area is 102 Å². The zero-order valence-corrected chi connectivity index (χ0v) is 9.46. The third kappa shape index (κ3) is 2.57. The minimum atomic E-state index is -4.52. The summed E-state index contributed by atoms with van der Waals surface area (Å²) in [4.78, 5) is 0. The number of alkyl halides is 3. The summed E-state index contributed by atoms with van der Waals surface area (Å²) in [5.41, 5.74) is 4.71. The molecule has 0 bridgehead atoms. The third-order valence-electron chi connectivity index (χ3n) is 2.99. The lowest BCUT2D eigenvalue weighted by molar-refractivity contribution is -0.137. The van der Waals surface area contributed by atoms with Crippen molar-refractivity contribution in [2.75, 3.05) is 5.32 Å². The number of nitrogens with zero attached hydrogens (tertiary/aromatic N) is 1. The van der Waals surface area contributed by atoms with Crippen LogP contribution in [0.3, 0.4) is 0 Å². The number of nitrogens with one attached hydrogen (secondary N) is 1. The van der Waals surface area contributed by atoms with Crippen molar-refractivity contribution < 1.29 is 13.2 Å². The molecule has 1 aromatic carbocycles. The maximum Gasteiger partial charge on any atom is 0.417 e. The van der Waals surface area contributed by atoms with E-state index in [1.165, 1.54) is 12.1 Å². The first-order chi connectivity index (χ1) is 8.40. The molecule has 0 saturated heterocycles. The van der Waals surface area contributed by atoms with Crippen molar-refractivity contribution in [3.05, 3.63) is 29.3 Å². The second kappa shape index (κ2) is 4.50. The van der Waals surface area contributed by atoms with Gasteiger partial charge in [-0.15, -0.1) is 0 Å². The Morgan fingerprint density at radius 1 is 1.33 bits per heavy atom. The first-order valence-electron chi connectivity index (χ1n) is 5.53. The van der Waals surface area contributed by atoms with E-state index in [4.69, 9.17) is 11.0 Å². The maximum absolute atomic E-state index is 12.7. The van der Waals surface area contributed by atoms with Crippen molar-refractivity contribution >= 4 is 5.69 Å². The lowest BCUT2D eigenvalue weighted by Crippen LogP contribution is -2.44.